The molecule has 0 aromatic heterocycles. The van der Waals surface area contributed by atoms with E-state index in [-0.39, 0.29) is 5.41 Å². The van der Waals surface area contributed by atoms with Gasteiger partial charge in [-0.15, -0.1) is 0 Å². The second kappa shape index (κ2) is 3.71. The van der Waals surface area contributed by atoms with E-state index in [0.717, 1.165) is 0 Å². The predicted molar refractivity (Wildman–Crippen MR) is 59.6 cm³/mol. The van der Waals surface area contributed by atoms with Crippen LogP contribution in [0.5, 0.6) is 0 Å². The molecular weight excluding hydrogens is 212 g/mol. The summed E-state index contributed by atoms with van der Waals surface area (Å²) in [7, 11) is -3.15. The van der Waals surface area contributed by atoms with Crippen molar-refractivity contribution in [3.63, 3.8) is 0 Å². The summed E-state index contributed by atoms with van der Waals surface area (Å²) >= 11 is 0. The fourth-order valence-electron chi connectivity index (χ4n) is 1.98. The quantitative estimate of drug-likeness (QED) is 0.718. The number of nitrogens with one attached hydrogen (secondary N) is 1. The second-order valence-corrected chi connectivity index (χ2v) is 7.10. The molecule has 2 aliphatic rings. The van der Waals surface area contributed by atoms with Crippen LogP contribution in [0.1, 0.15) is 33.1 Å². The molecule has 1 N–H and O–H groups in total. The highest BCUT2D eigenvalue weighted by atomic mass is 32.2. The Bertz CT molecular complexity index is 329. The summed E-state index contributed by atoms with van der Waals surface area (Å²) in [6.45, 7) is 6.23. The predicted octanol–water partition coefficient (Wildman–Crippen LogP) is 0.963. The molecule has 0 amide bonds. The third-order valence-electron chi connectivity index (χ3n) is 3.67. The van der Waals surface area contributed by atoms with E-state index in [4.69, 9.17) is 0 Å². The number of nitrogens with zero attached hydrogens (tertiary/aromatic N) is 1. The molecule has 4 nitrogen and oxygen atoms in total. The molecule has 0 aromatic carbocycles. The SMILES string of the molecule is CC(C)(CNS(=O)(=O)N1CC1)C1CCC1. The lowest BCUT2D eigenvalue weighted by Gasteiger charge is -2.40. The Morgan fingerprint density at radius 3 is 2.33 bits per heavy atom. The molecular formula is C10H20N2O2S. The van der Waals surface area contributed by atoms with Crippen molar-refractivity contribution in [2.75, 3.05) is 19.6 Å². The van der Waals surface area contributed by atoms with Crippen molar-refractivity contribution in [2.24, 2.45) is 11.3 Å². The van der Waals surface area contributed by atoms with Gasteiger partial charge in [-0.25, -0.2) is 4.72 Å². The van der Waals surface area contributed by atoms with E-state index in [1.165, 1.54) is 23.6 Å². The third kappa shape index (κ3) is 2.52. The highest BCUT2D eigenvalue weighted by molar-refractivity contribution is 7.87. The average Bonchev–Trinajstić information content (AvgIpc) is 2.78. The fourth-order valence-corrected chi connectivity index (χ4v) is 3.28. The van der Waals surface area contributed by atoms with Crippen molar-refractivity contribution in [3.8, 4) is 0 Å². The fraction of sp³-hybridized carbons (Fsp3) is 1.00. The van der Waals surface area contributed by atoms with E-state index in [2.05, 4.69) is 18.6 Å². The van der Waals surface area contributed by atoms with Crippen LogP contribution in [0.4, 0.5) is 0 Å². The largest absolute Gasteiger partial charge is 0.279 e. The monoisotopic (exact) mass is 232 g/mol. The first-order valence-electron chi connectivity index (χ1n) is 5.66. The van der Waals surface area contributed by atoms with Crippen LogP contribution in [0.2, 0.25) is 0 Å². The van der Waals surface area contributed by atoms with Gasteiger partial charge in [-0.1, -0.05) is 20.3 Å². The van der Waals surface area contributed by atoms with Gasteiger partial charge in [-0.2, -0.15) is 12.7 Å². The lowest BCUT2D eigenvalue weighted by atomic mass is 9.67. The van der Waals surface area contributed by atoms with Crippen LogP contribution in [-0.4, -0.2) is 32.4 Å². The van der Waals surface area contributed by atoms with Crippen LogP contribution in [0.15, 0.2) is 0 Å². The van der Waals surface area contributed by atoms with Gasteiger partial charge in [-0.3, -0.25) is 0 Å². The Hall–Kier alpha value is -0.130. The van der Waals surface area contributed by atoms with E-state index in [9.17, 15) is 8.42 Å². The van der Waals surface area contributed by atoms with Crippen molar-refractivity contribution < 1.29 is 8.42 Å². The van der Waals surface area contributed by atoms with Gasteiger partial charge >= 0.3 is 0 Å². The Labute approximate surface area is 92.2 Å². The molecule has 1 saturated heterocycles. The molecule has 15 heavy (non-hydrogen) atoms. The lowest BCUT2D eigenvalue weighted by Crippen LogP contribution is -2.42. The first-order chi connectivity index (χ1) is 6.92. The maximum Gasteiger partial charge on any atom is 0.279 e. The maximum absolute atomic E-state index is 11.6. The first-order valence-corrected chi connectivity index (χ1v) is 7.10. The van der Waals surface area contributed by atoms with E-state index >= 15 is 0 Å². The summed E-state index contributed by atoms with van der Waals surface area (Å²) in [5, 5.41) is 0. The van der Waals surface area contributed by atoms with E-state index in [1.807, 2.05) is 0 Å². The molecule has 88 valence electrons. The first kappa shape index (κ1) is 11.4. The molecule has 0 atom stereocenters. The molecule has 0 unspecified atom stereocenters. The molecule has 1 aliphatic heterocycles. The van der Waals surface area contributed by atoms with Gasteiger partial charge in [0.05, 0.1) is 0 Å². The molecule has 1 aliphatic carbocycles. The lowest BCUT2D eigenvalue weighted by molar-refractivity contribution is 0.125. The van der Waals surface area contributed by atoms with E-state index < -0.39 is 10.2 Å². The van der Waals surface area contributed by atoms with Gasteiger partial charge in [0.2, 0.25) is 0 Å². The van der Waals surface area contributed by atoms with Crippen molar-refractivity contribution in [3.05, 3.63) is 0 Å². The van der Waals surface area contributed by atoms with Crippen molar-refractivity contribution in [1.82, 2.24) is 9.03 Å². The summed E-state index contributed by atoms with van der Waals surface area (Å²) < 4.78 is 27.3. The summed E-state index contributed by atoms with van der Waals surface area (Å²) in [5.41, 5.74) is 0.0985. The molecule has 0 spiro atoms. The smallest absolute Gasteiger partial charge is 0.202 e. The van der Waals surface area contributed by atoms with Crippen molar-refractivity contribution >= 4 is 10.2 Å². The molecule has 5 heteroatoms. The van der Waals surface area contributed by atoms with Crippen LogP contribution >= 0.6 is 0 Å². The molecule has 2 fully saturated rings. The van der Waals surface area contributed by atoms with Crippen molar-refractivity contribution in [1.29, 1.82) is 0 Å². The summed E-state index contributed by atoms with van der Waals surface area (Å²) in [5.74, 6) is 0.689. The van der Waals surface area contributed by atoms with Gasteiger partial charge in [0.1, 0.15) is 0 Å². The zero-order valence-corrected chi connectivity index (χ0v) is 10.3. The minimum absolute atomic E-state index is 0.0985. The summed E-state index contributed by atoms with van der Waals surface area (Å²) in [4.78, 5) is 0. The molecule has 0 aromatic rings. The minimum atomic E-state index is -3.15. The molecule has 1 heterocycles. The summed E-state index contributed by atoms with van der Waals surface area (Å²) in [6.07, 6.45) is 3.80. The zero-order chi connectivity index (χ0) is 11.1. The number of hydrogen-bond donors (Lipinski definition) is 1. The van der Waals surface area contributed by atoms with E-state index in [0.29, 0.717) is 25.6 Å². The molecule has 0 bridgehead atoms. The van der Waals surface area contributed by atoms with Crippen molar-refractivity contribution in [2.45, 2.75) is 33.1 Å². The maximum atomic E-state index is 11.6. The Morgan fingerprint density at radius 1 is 1.33 bits per heavy atom. The topological polar surface area (TPSA) is 49.2 Å². The van der Waals surface area contributed by atoms with Gasteiger partial charge in [0.25, 0.3) is 10.2 Å². The molecule has 2 rings (SSSR count). The third-order valence-corrected chi connectivity index (χ3v) is 5.22. The van der Waals surface area contributed by atoms with Crippen LogP contribution < -0.4 is 4.72 Å². The van der Waals surface area contributed by atoms with Gasteiger partial charge < -0.3 is 0 Å². The second-order valence-electron chi connectivity index (χ2n) is 5.34. The average molecular weight is 232 g/mol. The summed E-state index contributed by atoms with van der Waals surface area (Å²) in [6, 6.07) is 0. The Morgan fingerprint density at radius 2 is 1.93 bits per heavy atom. The van der Waals surface area contributed by atoms with Gasteiger partial charge in [-0.05, 0) is 24.2 Å². The number of rotatable bonds is 5. The standard InChI is InChI=1S/C10H20N2O2S/c1-10(2,9-4-3-5-9)8-11-15(13,14)12-6-7-12/h9,11H,3-8H2,1-2H3. The van der Waals surface area contributed by atoms with Crippen LogP contribution in [-0.2, 0) is 10.2 Å². The molecule has 0 radical (unpaired) electrons. The Kier molecular flexibility index (Phi) is 2.81. The number of hydrogen-bond acceptors (Lipinski definition) is 2. The highest BCUT2D eigenvalue weighted by Gasteiger charge is 2.37. The van der Waals surface area contributed by atoms with Crippen LogP contribution in [0, 0.1) is 11.3 Å². The Balaban J connectivity index is 1.86. The van der Waals surface area contributed by atoms with E-state index in [1.54, 1.807) is 0 Å². The van der Waals surface area contributed by atoms with Crippen LogP contribution in [0.3, 0.4) is 0 Å². The van der Waals surface area contributed by atoms with Gasteiger partial charge in [0.15, 0.2) is 0 Å². The van der Waals surface area contributed by atoms with Gasteiger partial charge in [0, 0.05) is 19.6 Å². The normalized spacial score (nSPS) is 23.9. The minimum Gasteiger partial charge on any atom is -0.202 e. The van der Waals surface area contributed by atoms with Crippen LogP contribution in [0.25, 0.3) is 0 Å². The zero-order valence-electron chi connectivity index (χ0n) is 9.49. The molecule has 1 saturated carbocycles. The highest BCUT2D eigenvalue weighted by Crippen LogP contribution is 2.41.